The Labute approximate surface area is 154 Å². The summed E-state index contributed by atoms with van der Waals surface area (Å²) in [5.41, 5.74) is 0.213. The van der Waals surface area contributed by atoms with Gasteiger partial charge in [-0.05, 0) is 35.2 Å². The first kappa shape index (κ1) is 18.7. The summed E-state index contributed by atoms with van der Waals surface area (Å²) in [6.45, 7) is 3.24. The Morgan fingerprint density at radius 2 is 1.77 bits per heavy atom. The molecule has 3 nitrogen and oxygen atoms in total. The topological polar surface area (TPSA) is 23.6 Å². The van der Waals surface area contributed by atoms with Gasteiger partial charge < -0.3 is 4.90 Å². The Bertz CT molecular complexity index is 746. The molecular formula is C19H19F3N2OS. The van der Waals surface area contributed by atoms with Crippen molar-refractivity contribution in [2.24, 2.45) is 0 Å². The van der Waals surface area contributed by atoms with E-state index < -0.39 is 11.7 Å². The molecule has 26 heavy (non-hydrogen) atoms. The molecule has 1 fully saturated rings. The molecule has 0 aliphatic carbocycles. The highest BCUT2D eigenvalue weighted by Gasteiger charge is 2.30. The van der Waals surface area contributed by atoms with Crippen LogP contribution in [0.25, 0.3) is 6.08 Å². The number of carbonyl (C=O) groups excluding carboxylic acids is 1. The molecule has 0 unspecified atom stereocenters. The van der Waals surface area contributed by atoms with Gasteiger partial charge in [-0.15, -0.1) is 11.3 Å². The average molecular weight is 380 g/mol. The third kappa shape index (κ3) is 4.95. The van der Waals surface area contributed by atoms with Crippen LogP contribution in [0.4, 0.5) is 13.2 Å². The summed E-state index contributed by atoms with van der Waals surface area (Å²) in [4.78, 5) is 17.2. The molecule has 7 heteroatoms. The van der Waals surface area contributed by atoms with Gasteiger partial charge in [-0.2, -0.15) is 13.2 Å². The number of hydrogen-bond donors (Lipinski definition) is 0. The van der Waals surface area contributed by atoms with Gasteiger partial charge in [0, 0.05) is 43.7 Å². The van der Waals surface area contributed by atoms with E-state index in [1.54, 1.807) is 22.3 Å². The fourth-order valence-electron chi connectivity index (χ4n) is 2.83. The van der Waals surface area contributed by atoms with Crippen LogP contribution < -0.4 is 0 Å². The zero-order valence-corrected chi connectivity index (χ0v) is 14.9. The number of thiophene rings is 1. The number of rotatable bonds is 4. The first-order valence-electron chi connectivity index (χ1n) is 8.31. The number of alkyl halides is 3. The normalized spacial score (nSPS) is 16.3. The minimum Gasteiger partial charge on any atom is -0.337 e. The minimum atomic E-state index is -4.30. The Hall–Kier alpha value is -2.12. The van der Waals surface area contributed by atoms with E-state index in [0.29, 0.717) is 32.7 Å². The van der Waals surface area contributed by atoms with Crippen molar-refractivity contribution in [3.05, 3.63) is 63.9 Å². The van der Waals surface area contributed by atoms with E-state index in [0.717, 1.165) is 22.6 Å². The molecule has 0 atom stereocenters. The predicted octanol–water partition coefficient (Wildman–Crippen LogP) is 4.12. The lowest BCUT2D eigenvalue weighted by atomic mass is 10.1. The van der Waals surface area contributed by atoms with Crippen molar-refractivity contribution in [2.75, 3.05) is 26.2 Å². The van der Waals surface area contributed by atoms with Crippen LogP contribution in [0.3, 0.4) is 0 Å². The number of hydrogen-bond acceptors (Lipinski definition) is 3. The molecule has 1 aromatic heterocycles. The lowest BCUT2D eigenvalue weighted by Crippen LogP contribution is -2.47. The second kappa shape index (κ2) is 8.05. The van der Waals surface area contributed by atoms with Crippen LogP contribution >= 0.6 is 11.3 Å². The molecule has 1 saturated heterocycles. The lowest BCUT2D eigenvalue weighted by Gasteiger charge is -2.34. The van der Waals surface area contributed by atoms with Crippen LogP contribution in [0, 0.1) is 0 Å². The maximum atomic E-state index is 12.6. The van der Waals surface area contributed by atoms with Gasteiger partial charge in [-0.1, -0.05) is 18.2 Å². The Morgan fingerprint density at radius 3 is 2.35 bits per heavy atom. The molecule has 138 valence electrons. The van der Waals surface area contributed by atoms with Crippen molar-refractivity contribution < 1.29 is 18.0 Å². The first-order chi connectivity index (χ1) is 12.4. The van der Waals surface area contributed by atoms with Crippen molar-refractivity contribution in [1.29, 1.82) is 0 Å². The van der Waals surface area contributed by atoms with Crippen molar-refractivity contribution in [2.45, 2.75) is 12.7 Å². The van der Waals surface area contributed by atoms with Crippen LogP contribution in [-0.2, 0) is 17.5 Å². The molecular weight excluding hydrogens is 361 g/mol. The molecule has 2 heterocycles. The highest BCUT2D eigenvalue weighted by Crippen LogP contribution is 2.29. The van der Waals surface area contributed by atoms with Crippen molar-refractivity contribution >= 4 is 23.3 Å². The van der Waals surface area contributed by atoms with Crippen LogP contribution in [0.5, 0.6) is 0 Å². The molecule has 3 rings (SSSR count). The van der Waals surface area contributed by atoms with Crippen LogP contribution in [0.2, 0.25) is 0 Å². The van der Waals surface area contributed by atoms with Gasteiger partial charge in [0.15, 0.2) is 0 Å². The molecule has 0 radical (unpaired) electrons. The Morgan fingerprint density at radius 1 is 1.08 bits per heavy atom. The predicted molar refractivity (Wildman–Crippen MR) is 96.7 cm³/mol. The number of benzene rings is 1. The standard InChI is InChI=1S/C19H19F3N2OS/c20-19(21,22)16-5-3-15(4-6-16)14-23-9-11-24(12-10-23)18(25)8-7-17-2-1-13-26-17/h1-8,13H,9-12,14H2/b8-7+. The van der Waals surface area contributed by atoms with E-state index in [4.69, 9.17) is 0 Å². The third-order valence-electron chi connectivity index (χ3n) is 4.30. The molecule has 0 saturated carbocycles. The van der Waals surface area contributed by atoms with Gasteiger partial charge in [-0.3, -0.25) is 9.69 Å². The molecule has 1 aromatic carbocycles. The van der Waals surface area contributed by atoms with E-state index in [1.807, 2.05) is 23.6 Å². The fourth-order valence-corrected chi connectivity index (χ4v) is 3.45. The summed E-state index contributed by atoms with van der Waals surface area (Å²) in [6, 6.07) is 9.16. The second-order valence-corrected chi connectivity index (χ2v) is 7.12. The quantitative estimate of drug-likeness (QED) is 0.745. The van der Waals surface area contributed by atoms with Gasteiger partial charge in [0.05, 0.1) is 5.56 Å². The Balaban J connectivity index is 1.48. The molecule has 0 spiro atoms. The van der Waals surface area contributed by atoms with Crippen LogP contribution in [0.15, 0.2) is 47.9 Å². The van der Waals surface area contributed by atoms with Crippen molar-refractivity contribution in [3.8, 4) is 0 Å². The van der Waals surface area contributed by atoms with Crippen LogP contribution in [0.1, 0.15) is 16.0 Å². The third-order valence-corrected chi connectivity index (χ3v) is 5.14. The summed E-state index contributed by atoms with van der Waals surface area (Å²) in [6.07, 6.45) is -0.889. The first-order valence-corrected chi connectivity index (χ1v) is 9.19. The summed E-state index contributed by atoms with van der Waals surface area (Å²) in [5, 5.41) is 1.96. The number of piperazine rings is 1. The van der Waals surface area contributed by atoms with Crippen molar-refractivity contribution in [3.63, 3.8) is 0 Å². The summed E-state index contributed by atoms with van der Waals surface area (Å²) < 4.78 is 37.8. The van der Waals surface area contributed by atoms with Gasteiger partial charge in [-0.25, -0.2) is 0 Å². The zero-order valence-electron chi connectivity index (χ0n) is 14.1. The number of halogens is 3. The molecule has 1 amide bonds. The number of amides is 1. The molecule has 1 aliphatic heterocycles. The van der Waals surface area contributed by atoms with E-state index in [9.17, 15) is 18.0 Å². The van der Waals surface area contributed by atoms with Crippen LogP contribution in [-0.4, -0.2) is 41.9 Å². The summed E-state index contributed by atoms with van der Waals surface area (Å²) in [7, 11) is 0. The monoisotopic (exact) mass is 380 g/mol. The largest absolute Gasteiger partial charge is 0.416 e. The van der Waals surface area contributed by atoms with Crippen molar-refractivity contribution in [1.82, 2.24) is 9.80 Å². The molecule has 0 N–H and O–H groups in total. The molecule has 0 bridgehead atoms. The van der Waals surface area contributed by atoms with Gasteiger partial charge >= 0.3 is 6.18 Å². The smallest absolute Gasteiger partial charge is 0.337 e. The SMILES string of the molecule is O=C(/C=C/c1cccs1)N1CCN(Cc2ccc(C(F)(F)F)cc2)CC1. The van der Waals surface area contributed by atoms with Gasteiger partial charge in [0.1, 0.15) is 0 Å². The highest BCUT2D eigenvalue weighted by molar-refractivity contribution is 7.10. The lowest BCUT2D eigenvalue weighted by molar-refractivity contribution is -0.137. The maximum absolute atomic E-state index is 12.6. The molecule has 2 aromatic rings. The maximum Gasteiger partial charge on any atom is 0.416 e. The summed E-state index contributed by atoms with van der Waals surface area (Å²) >= 11 is 1.58. The number of carbonyl (C=O) groups is 1. The summed E-state index contributed by atoms with van der Waals surface area (Å²) in [5.74, 6) is -0.00687. The fraction of sp³-hybridized carbons (Fsp3) is 0.316. The minimum absolute atomic E-state index is 0.00687. The Kier molecular flexibility index (Phi) is 5.78. The highest BCUT2D eigenvalue weighted by atomic mass is 32.1. The van der Waals surface area contributed by atoms with Gasteiger partial charge in [0.2, 0.25) is 5.91 Å². The zero-order chi connectivity index (χ0) is 18.6. The average Bonchev–Trinajstić information content (AvgIpc) is 3.13. The van der Waals surface area contributed by atoms with Gasteiger partial charge in [0.25, 0.3) is 0 Å². The second-order valence-electron chi connectivity index (χ2n) is 6.14. The van der Waals surface area contributed by atoms with E-state index in [2.05, 4.69) is 4.90 Å². The van der Waals surface area contributed by atoms with E-state index >= 15 is 0 Å². The molecule has 1 aliphatic rings. The number of nitrogens with zero attached hydrogens (tertiary/aromatic N) is 2. The van der Waals surface area contributed by atoms with E-state index in [1.165, 1.54) is 12.1 Å². The van der Waals surface area contributed by atoms with E-state index in [-0.39, 0.29) is 5.91 Å².